The number of nitrogens with one attached hydrogen (secondary N) is 1. The maximum Gasteiger partial charge on any atom is 0.357 e. The number of rotatable bonds is 3. The average molecular weight is 265 g/mol. The number of carbonyl (C=O) groups is 1. The maximum atomic E-state index is 13.2. The van der Waals surface area contributed by atoms with E-state index in [9.17, 15) is 14.0 Å². The Hall–Kier alpha value is -2.77. The van der Waals surface area contributed by atoms with Crippen molar-refractivity contribution in [2.75, 3.05) is 7.11 Å². The van der Waals surface area contributed by atoms with E-state index < -0.39 is 23.0 Å². The molecule has 19 heavy (non-hydrogen) atoms. The second-order valence-corrected chi connectivity index (χ2v) is 3.47. The first-order chi connectivity index (χ1) is 9.02. The Bertz CT molecular complexity index is 681. The van der Waals surface area contributed by atoms with Gasteiger partial charge in [0, 0.05) is 0 Å². The SMILES string of the molecule is COc1ccc(-c2nc(C(=O)O)c(F)c(=O)[nH]2)nc1. The number of methoxy groups -OCH3 is 1. The standard InChI is InChI=1S/C11H8FN3O4/c1-19-5-2-3-6(13-4-5)9-14-8(11(17)18)7(12)10(16)15-9/h2-4H,1H3,(H,17,18)(H,14,15,16). The Balaban J connectivity index is 2.56. The van der Waals surface area contributed by atoms with Crippen molar-refractivity contribution >= 4 is 5.97 Å². The van der Waals surface area contributed by atoms with Crippen LogP contribution in [0.2, 0.25) is 0 Å². The van der Waals surface area contributed by atoms with Crippen LogP contribution in [0.1, 0.15) is 10.5 Å². The van der Waals surface area contributed by atoms with Crippen molar-refractivity contribution in [1.29, 1.82) is 0 Å². The first kappa shape index (κ1) is 12.7. The van der Waals surface area contributed by atoms with Gasteiger partial charge in [-0.15, -0.1) is 0 Å². The lowest BCUT2D eigenvalue weighted by Gasteiger charge is -2.03. The van der Waals surface area contributed by atoms with Gasteiger partial charge < -0.3 is 14.8 Å². The molecule has 8 heteroatoms. The summed E-state index contributed by atoms with van der Waals surface area (Å²) in [5, 5.41) is 8.75. The molecule has 2 N–H and O–H groups in total. The highest BCUT2D eigenvalue weighted by atomic mass is 19.1. The lowest BCUT2D eigenvalue weighted by molar-refractivity contribution is 0.0684. The highest BCUT2D eigenvalue weighted by Crippen LogP contribution is 2.15. The van der Waals surface area contributed by atoms with Crippen molar-refractivity contribution in [2.45, 2.75) is 0 Å². The van der Waals surface area contributed by atoms with Gasteiger partial charge in [-0.05, 0) is 12.1 Å². The van der Waals surface area contributed by atoms with E-state index in [1.807, 2.05) is 0 Å². The number of carboxylic acid groups (broad SMARTS) is 1. The Labute approximate surface area is 105 Å². The van der Waals surface area contributed by atoms with Crippen molar-refractivity contribution in [3.05, 3.63) is 40.2 Å². The second-order valence-electron chi connectivity index (χ2n) is 3.47. The van der Waals surface area contributed by atoms with Crippen molar-refractivity contribution in [2.24, 2.45) is 0 Å². The Kier molecular flexibility index (Phi) is 3.23. The van der Waals surface area contributed by atoms with Gasteiger partial charge in [-0.2, -0.15) is 4.39 Å². The van der Waals surface area contributed by atoms with E-state index in [4.69, 9.17) is 9.84 Å². The molecule has 2 aromatic rings. The van der Waals surface area contributed by atoms with Gasteiger partial charge in [0.05, 0.1) is 13.3 Å². The summed E-state index contributed by atoms with van der Waals surface area (Å²) < 4.78 is 18.1. The Morgan fingerprint density at radius 1 is 1.47 bits per heavy atom. The number of hydrogen-bond acceptors (Lipinski definition) is 5. The molecule has 0 unspecified atom stereocenters. The maximum absolute atomic E-state index is 13.2. The first-order valence-electron chi connectivity index (χ1n) is 5.06. The lowest BCUT2D eigenvalue weighted by atomic mass is 10.3. The Morgan fingerprint density at radius 2 is 2.21 bits per heavy atom. The van der Waals surface area contributed by atoms with Gasteiger partial charge in [-0.1, -0.05) is 0 Å². The van der Waals surface area contributed by atoms with Gasteiger partial charge in [0.2, 0.25) is 5.82 Å². The van der Waals surface area contributed by atoms with Crippen LogP contribution in [-0.2, 0) is 0 Å². The topological polar surface area (TPSA) is 105 Å². The van der Waals surface area contributed by atoms with Crippen LogP contribution in [0, 0.1) is 5.82 Å². The molecule has 0 bridgehead atoms. The summed E-state index contributed by atoms with van der Waals surface area (Å²) in [7, 11) is 1.46. The molecule has 0 aliphatic heterocycles. The first-order valence-corrected chi connectivity index (χ1v) is 5.06. The van der Waals surface area contributed by atoms with Gasteiger partial charge in [-0.3, -0.25) is 4.79 Å². The van der Waals surface area contributed by atoms with E-state index in [1.54, 1.807) is 6.07 Å². The number of halogens is 1. The van der Waals surface area contributed by atoms with Crippen molar-refractivity contribution in [3.63, 3.8) is 0 Å². The van der Waals surface area contributed by atoms with Crippen LogP contribution in [0.4, 0.5) is 4.39 Å². The minimum Gasteiger partial charge on any atom is -0.495 e. The van der Waals surface area contributed by atoms with Crippen LogP contribution in [0.5, 0.6) is 5.75 Å². The molecular formula is C11H8FN3O4. The molecule has 7 nitrogen and oxygen atoms in total. The highest BCUT2D eigenvalue weighted by molar-refractivity contribution is 5.85. The minimum atomic E-state index is -1.63. The molecule has 0 fully saturated rings. The van der Waals surface area contributed by atoms with Gasteiger partial charge >= 0.3 is 5.97 Å². The zero-order valence-electron chi connectivity index (χ0n) is 9.68. The predicted octanol–water partition coefficient (Wildman–Crippen LogP) is 0.678. The van der Waals surface area contributed by atoms with Crippen molar-refractivity contribution < 1.29 is 19.0 Å². The van der Waals surface area contributed by atoms with E-state index in [0.29, 0.717) is 5.75 Å². The van der Waals surface area contributed by atoms with Crippen LogP contribution >= 0.6 is 0 Å². The summed E-state index contributed by atoms with van der Waals surface area (Å²) in [6, 6.07) is 3.01. The number of ether oxygens (including phenoxy) is 1. The van der Waals surface area contributed by atoms with Gasteiger partial charge in [0.15, 0.2) is 11.5 Å². The van der Waals surface area contributed by atoms with Crippen LogP contribution < -0.4 is 10.3 Å². The summed E-state index contributed by atoms with van der Waals surface area (Å²) in [4.78, 5) is 31.6. The molecule has 2 rings (SSSR count). The summed E-state index contributed by atoms with van der Waals surface area (Å²) in [5.41, 5.74) is -1.92. The molecule has 0 radical (unpaired) electrons. The van der Waals surface area contributed by atoms with Crippen molar-refractivity contribution in [3.8, 4) is 17.3 Å². The summed E-state index contributed by atoms with van der Waals surface area (Å²) in [5.74, 6) is -2.72. The zero-order chi connectivity index (χ0) is 14.0. The number of nitrogens with zero attached hydrogens (tertiary/aromatic N) is 2. The normalized spacial score (nSPS) is 10.2. The Morgan fingerprint density at radius 3 is 2.74 bits per heavy atom. The van der Waals surface area contributed by atoms with Gasteiger partial charge in [0.25, 0.3) is 5.56 Å². The number of H-pyrrole nitrogens is 1. The number of carboxylic acids is 1. The average Bonchev–Trinajstić information content (AvgIpc) is 2.41. The molecule has 2 aromatic heterocycles. The van der Waals surface area contributed by atoms with Crippen LogP contribution in [-0.4, -0.2) is 33.1 Å². The fourth-order valence-electron chi connectivity index (χ4n) is 1.36. The number of pyridine rings is 1. The van der Waals surface area contributed by atoms with E-state index in [2.05, 4.69) is 15.0 Å². The van der Waals surface area contributed by atoms with E-state index in [-0.39, 0.29) is 11.5 Å². The number of aromatic nitrogens is 3. The predicted molar refractivity (Wildman–Crippen MR) is 61.6 cm³/mol. The molecule has 0 aromatic carbocycles. The molecule has 0 aliphatic carbocycles. The number of aromatic carboxylic acids is 1. The molecule has 0 saturated heterocycles. The van der Waals surface area contributed by atoms with Gasteiger partial charge in [0.1, 0.15) is 11.4 Å². The van der Waals surface area contributed by atoms with Crippen LogP contribution in [0.25, 0.3) is 11.5 Å². The fraction of sp³-hybridized carbons (Fsp3) is 0.0909. The van der Waals surface area contributed by atoms with E-state index in [0.717, 1.165) is 0 Å². The quantitative estimate of drug-likeness (QED) is 0.845. The smallest absolute Gasteiger partial charge is 0.357 e. The third-order valence-corrected chi connectivity index (χ3v) is 2.28. The number of hydrogen-bond donors (Lipinski definition) is 2. The molecule has 0 saturated carbocycles. The summed E-state index contributed by atoms with van der Waals surface area (Å²) >= 11 is 0. The molecule has 0 atom stereocenters. The van der Waals surface area contributed by atoms with Crippen LogP contribution in [0.3, 0.4) is 0 Å². The highest BCUT2D eigenvalue weighted by Gasteiger charge is 2.18. The zero-order valence-corrected chi connectivity index (χ0v) is 9.68. The molecule has 0 aliphatic rings. The molecule has 0 amide bonds. The van der Waals surface area contributed by atoms with E-state index in [1.165, 1.54) is 19.4 Å². The molecule has 98 valence electrons. The molecule has 0 spiro atoms. The number of aromatic amines is 1. The summed E-state index contributed by atoms with van der Waals surface area (Å²) in [6.45, 7) is 0. The molecular weight excluding hydrogens is 257 g/mol. The van der Waals surface area contributed by atoms with Gasteiger partial charge in [-0.25, -0.2) is 14.8 Å². The largest absolute Gasteiger partial charge is 0.495 e. The summed E-state index contributed by atoms with van der Waals surface area (Å²) in [6.07, 6.45) is 1.36. The lowest BCUT2D eigenvalue weighted by Crippen LogP contribution is -2.20. The minimum absolute atomic E-state index is 0.133. The van der Waals surface area contributed by atoms with Crippen molar-refractivity contribution in [1.82, 2.24) is 15.0 Å². The van der Waals surface area contributed by atoms with Crippen LogP contribution in [0.15, 0.2) is 23.1 Å². The third-order valence-electron chi connectivity index (χ3n) is 2.28. The third kappa shape index (κ3) is 2.41. The monoisotopic (exact) mass is 265 g/mol. The fourth-order valence-corrected chi connectivity index (χ4v) is 1.36. The van der Waals surface area contributed by atoms with E-state index >= 15 is 0 Å². The molecule has 2 heterocycles. The second kappa shape index (κ2) is 4.84.